The van der Waals surface area contributed by atoms with Crippen LogP contribution >= 0.6 is 11.7 Å². The molecule has 12 heteroatoms. The molecule has 10 nitrogen and oxygen atoms in total. The first kappa shape index (κ1) is 23.0. The van der Waals surface area contributed by atoms with Crippen LogP contribution in [0.4, 0.5) is 0 Å². The highest BCUT2D eigenvalue weighted by atomic mass is 32.2. The van der Waals surface area contributed by atoms with Gasteiger partial charge in [-0.2, -0.15) is 18.6 Å². The first-order valence-electron chi connectivity index (χ1n) is 10.2. The number of hydrogen-bond acceptors (Lipinski definition) is 8. The molecule has 2 atom stereocenters. The lowest BCUT2D eigenvalue weighted by atomic mass is 10.0. The van der Waals surface area contributed by atoms with Crippen LogP contribution in [0.2, 0.25) is 0 Å². The van der Waals surface area contributed by atoms with E-state index in [0.717, 1.165) is 23.0 Å². The van der Waals surface area contributed by atoms with E-state index in [1.807, 2.05) is 31.2 Å². The van der Waals surface area contributed by atoms with Gasteiger partial charge >= 0.3 is 0 Å². The Morgan fingerprint density at radius 3 is 2.48 bits per heavy atom. The number of fused-ring (bicyclic) bond motifs is 1. The van der Waals surface area contributed by atoms with Gasteiger partial charge in [-0.15, -0.1) is 0 Å². The second-order valence-electron chi connectivity index (χ2n) is 7.89. The van der Waals surface area contributed by atoms with Crippen molar-refractivity contribution in [3.63, 3.8) is 0 Å². The molecule has 0 fully saturated rings. The van der Waals surface area contributed by atoms with E-state index in [4.69, 9.17) is 0 Å². The van der Waals surface area contributed by atoms with Gasteiger partial charge in [0.15, 0.2) is 0 Å². The van der Waals surface area contributed by atoms with Gasteiger partial charge in [0.25, 0.3) is 0 Å². The molecule has 33 heavy (non-hydrogen) atoms. The number of nitrogens with zero attached hydrogens (tertiary/aromatic N) is 5. The van der Waals surface area contributed by atoms with Crippen LogP contribution in [0.5, 0.6) is 0 Å². The number of hydrogen-bond donors (Lipinski definition) is 2. The van der Waals surface area contributed by atoms with Gasteiger partial charge in [-0.25, -0.2) is 18.1 Å². The topological polar surface area (TPSA) is 132 Å². The zero-order valence-electron chi connectivity index (χ0n) is 18.2. The molecule has 0 unspecified atom stereocenters. The Labute approximate surface area is 195 Å². The predicted molar refractivity (Wildman–Crippen MR) is 124 cm³/mol. The Morgan fingerprint density at radius 2 is 1.82 bits per heavy atom. The van der Waals surface area contributed by atoms with E-state index in [9.17, 15) is 13.2 Å². The molecular formula is C21H23N7O3S2. The van der Waals surface area contributed by atoms with Crippen molar-refractivity contribution in [3.8, 4) is 5.69 Å². The maximum Gasteiger partial charge on any atom is 0.243 e. The first-order chi connectivity index (χ1) is 15.8. The Kier molecular flexibility index (Phi) is 6.49. The fraction of sp³-hybridized carbons (Fsp3) is 0.286. The van der Waals surface area contributed by atoms with Crippen LogP contribution in [0, 0.1) is 5.92 Å². The molecule has 0 saturated heterocycles. The number of sulfonamides is 1. The highest BCUT2D eigenvalue weighted by Gasteiger charge is 2.30. The molecule has 2 aromatic heterocycles. The maximum atomic E-state index is 13.1. The van der Waals surface area contributed by atoms with Gasteiger partial charge < -0.3 is 5.32 Å². The molecule has 4 aromatic rings. The summed E-state index contributed by atoms with van der Waals surface area (Å²) in [6.45, 7) is 5.42. The number of aromatic nitrogens is 5. The van der Waals surface area contributed by atoms with E-state index in [2.05, 4.69) is 28.9 Å². The van der Waals surface area contributed by atoms with E-state index < -0.39 is 22.0 Å². The van der Waals surface area contributed by atoms with E-state index >= 15 is 0 Å². The lowest BCUT2D eigenvalue weighted by Gasteiger charge is -2.24. The van der Waals surface area contributed by atoms with Crippen LogP contribution in [-0.4, -0.2) is 43.9 Å². The monoisotopic (exact) mass is 485 g/mol. The average molecular weight is 486 g/mol. The van der Waals surface area contributed by atoms with Crippen LogP contribution in [0.15, 0.2) is 60.0 Å². The largest absolute Gasteiger partial charge is 0.348 e. The smallest absolute Gasteiger partial charge is 0.243 e. The summed E-state index contributed by atoms with van der Waals surface area (Å²) in [4.78, 5) is 17.0. The zero-order valence-corrected chi connectivity index (χ0v) is 19.8. The molecule has 2 heterocycles. The lowest BCUT2D eigenvalue weighted by Crippen LogP contribution is -2.50. The van der Waals surface area contributed by atoms with Crippen molar-refractivity contribution in [2.75, 3.05) is 0 Å². The summed E-state index contributed by atoms with van der Waals surface area (Å²) in [7, 11) is -4.00. The van der Waals surface area contributed by atoms with Crippen LogP contribution < -0.4 is 10.0 Å². The van der Waals surface area contributed by atoms with Crippen molar-refractivity contribution in [1.29, 1.82) is 0 Å². The summed E-state index contributed by atoms with van der Waals surface area (Å²) in [5.74, 6) is -0.695. The Balaban J connectivity index is 1.49. The quantitative estimate of drug-likeness (QED) is 0.392. The Bertz CT molecular complexity index is 1350. The summed E-state index contributed by atoms with van der Waals surface area (Å²) < 4.78 is 38.6. The van der Waals surface area contributed by atoms with Gasteiger partial charge in [0.05, 0.1) is 23.5 Å². The van der Waals surface area contributed by atoms with E-state index in [0.29, 0.717) is 11.0 Å². The number of carbonyl (C=O) groups is 1. The summed E-state index contributed by atoms with van der Waals surface area (Å²) in [5, 5.41) is 7.00. The number of carbonyl (C=O) groups excluding carboxylic acids is 1. The number of nitrogens with one attached hydrogen (secondary N) is 2. The summed E-state index contributed by atoms with van der Waals surface area (Å²) in [6, 6.07) is 11.0. The second kappa shape index (κ2) is 9.33. The molecule has 0 aliphatic carbocycles. The minimum Gasteiger partial charge on any atom is -0.348 e. The van der Waals surface area contributed by atoms with E-state index in [-0.39, 0.29) is 16.9 Å². The molecular weight excluding hydrogens is 462 g/mol. The van der Waals surface area contributed by atoms with Gasteiger partial charge in [-0.1, -0.05) is 32.0 Å². The van der Waals surface area contributed by atoms with Gasteiger partial charge in [-0.3, -0.25) is 4.79 Å². The molecule has 2 N–H and O–H groups in total. The Morgan fingerprint density at radius 1 is 1.06 bits per heavy atom. The number of benzene rings is 2. The molecule has 2 aromatic carbocycles. The normalized spacial score (nSPS) is 13.8. The highest BCUT2D eigenvalue weighted by molar-refractivity contribution is 7.89. The molecule has 1 amide bonds. The van der Waals surface area contributed by atoms with Crippen molar-refractivity contribution in [2.45, 2.75) is 37.8 Å². The standard InChI is InChI=1S/C21H23N7O3S2/c1-13(2)19(27-33(30,31)18-6-4-5-17-20(18)26-32-25-17)21(29)24-14(3)15-7-9-16(10-8-15)28-12-22-11-23-28/h4-14,19,27H,1-3H3,(H,24,29)/t14-,19+/m0/s1. The average Bonchev–Trinajstić information content (AvgIpc) is 3.49. The predicted octanol–water partition coefficient (Wildman–Crippen LogP) is 2.45. The van der Waals surface area contributed by atoms with Crippen molar-refractivity contribution in [2.24, 2.45) is 5.92 Å². The molecule has 172 valence electrons. The van der Waals surface area contributed by atoms with Crippen molar-refractivity contribution < 1.29 is 13.2 Å². The van der Waals surface area contributed by atoms with Crippen LogP contribution in [-0.2, 0) is 14.8 Å². The van der Waals surface area contributed by atoms with E-state index in [1.54, 1.807) is 37.0 Å². The molecule has 0 radical (unpaired) electrons. The third kappa shape index (κ3) is 4.92. The molecule has 0 spiro atoms. The fourth-order valence-corrected chi connectivity index (χ4v) is 5.48. The van der Waals surface area contributed by atoms with E-state index in [1.165, 1.54) is 12.4 Å². The van der Waals surface area contributed by atoms with Crippen molar-refractivity contribution >= 4 is 38.7 Å². The van der Waals surface area contributed by atoms with Crippen LogP contribution in [0.25, 0.3) is 16.7 Å². The summed E-state index contributed by atoms with van der Waals surface area (Å²) in [5.41, 5.74) is 2.50. The lowest BCUT2D eigenvalue weighted by molar-refractivity contribution is -0.124. The zero-order chi connectivity index (χ0) is 23.6. The maximum absolute atomic E-state index is 13.1. The molecule has 0 saturated carbocycles. The third-order valence-electron chi connectivity index (χ3n) is 5.20. The summed E-state index contributed by atoms with van der Waals surface area (Å²) >= 11 is 0.940. The first-order valence-corrected chi connectivity index (χ1v) is 12.5. The SMILES string of the molecule is CC(C)[C@@H](NS(=O)(=O)c1cccc2nsnc12)C(=O)N[C@@H](C)c1ccc(-n2cncn2)cc1. The second-order valence-corrected chi connectivity index (χ2v) is 10.1. The molecule has 0 aliphatic heterocycles. The fourth-order valence-electron chi connectivity index (χ4n) is 3.37. The molecule has 4 rings (SSSR count). The highest BCUT2D eigenvalue weighted by Crippen LogP contribution is 2.22. The minimum atomic E-state index is -4.00. The number of amides is 1. The van der Waals surface area contributed by atoms with Gasteiger partial charge in [0, 0.05) is 0 Å². The van der Waals surface area contributed by atoms with Crippen LogP contribution in [0.3, 0.4) is 0 Å². The third-order valence-corrected chi connectivity index (χ3v) is 7.22. The molecule has 0 aliphatic rings. The van der Waals surface area contributed by atoms with Gasteiger partial charge in [0.2, 0.25) is 15.9 Å². The van der Waals surface area contributed by atoms with Crippen LogP contribution in [0.1, 0.15) is 32.4 Å². The minimum absolute atomic E-state index is 0.00366. The number of rotatable bonds is 8. The van der Waals surface area contributed by atoms with Gasteiger partial charge in [0.1, 0.15) is 34.6 Å². The van der Waals surface area contributed by atoms with Gasteiger partial charge in [-0.05, 0) is 42.7 Å². The Hall–Kier alpha value is -3.22. The van der Waals surface area contributed by atoms with Crippen molar-refractivity contribution in [1.82, 2.24) is 33.6 Å². The summed E-state index contributed by atoms with van der Waals surface area (Å²) in [6.07, 6.45) is 3.05. The molecule has 0 bridgehead atoms. The van der Waals surface area contributed by atoms with Crippen molar-refractivity contribution in [3.05, 3.63) is 60.7 Å².